The van der Waals surface area contributed by atoms with Gasteiger partial charge in [-0.25, -0.2) is 4.98 Å². The standard InChI is InChI=1S/C13H14N2OS/c1-8-5-10(3-4-12(8)14)13(16)6-11-7-17-9(2)15-11/h3-5,7H,6,14H2,1-2H3. The highest BCUT2D eigenvalue weighted by molar-refractivity contribution is 7.09. The Morgan fingerprint density at radius 2 is 2.18 bits per heavy atom. The number of hydrogen-bond donors (Lipinski definition) is 1. The van der Waals surface area contributed by atoms with Gasteiger partial charge in [-0.05, 0) is 37.6 Å². The van der Waals surface area contributed by atoms with E-state index in [1.807, 2.05) is 25.3 Å². The number of nitrogens with two attached hydrogens (primary N) is 1. The Labute approximate surface area is 104 Å². The molecule has 3 nitrogen and oxygen atoms in total. The lowest BCUT2D eigenvalue weighted by Crippen LogP contribution is -2.05. The first kappa shape index (κ1) is 11.8. The quantitative estimate of drug-likeness (QED) is 0.669. The molecule has 17 heavy (non-hydrogen) atoms. The van der Waals surface area contributed by atoms with Crippen LogP contribution in [-0.4, -0.2) is 10.8 Å². The van der Waals surface area contributed by atoms with Crippen LogP contribution in [0.3, 0.4) is 0 Å². The van der Waals surface area contributed by atoms with Crippen molar-refractivity contribution in [1.82, 2.24) is 4.98 Å². The number of anilines is 1. The summed E-state index contributed by atoms with van der Waals surface area (Å²) in [5, 5.41) is 2.92. The van der Waals surface area contributed by atoms with Crippen LogP contribution >= 0.6 is 11.3 Å². The first-order valence-electron chi connectivity index (χ1n) is 5.36. The van der Waals surface area contributed by atoms with Crippen molar-refractivity contribution >= 4 is 22.8 Å². The molecule has 0 aliphatic carbocycles. The Bertz CT molecular complexity index is 560. The third-order valence-corrected chi connectivity index (χ3v) is 3.42. The molecule has 1 aromatic heterocycles. The number of carbonyl (C=O) groups excluding carboxylic acids is 1. The number of nitrogens with zero attached hydrogens (tertiary/aromatic N) is 1. The van der Waals surface area contributed by atoms with Gasteiger partial charge in [0.15, 0.2) is 5.78 Å². The van der Waals surface area contributed by atoms with Crippen LogP contribution in [0.4, 0.5) is 5.69 Å². The molecule has 0 spiro atoms. The lowest BCUT2D eigenvalue weighted by atomic mass is 10.0. The number of carbonyl (C=O) groups is 1. The van der Waals surface area contributed by atoms with Crippen molar-refractivity contribution in [2.45, 2.75) is 20.3 Å². The van der Waals surface area contributed by atoms with Gasteiger partial charge in [-0.15, -0.1) is 11.3 Å². The predicted octanol–water partition coefficient (Wildman–Crippen LogP) is 2.77. The number of aryl methyl sites for hydroxylation is 2. The molecule has 0 amide bonds. The smallest absolute Gasteiger partial charge is 0.168 e. The van der Waals surface area contributed by atoms with Crippen LogP contribution in [0, 0.1) is 13.8 Å². The number of rotatable bonds is 3. The maximum Gasteiger partial charge on any atom is 0.168 e. The Balaban J connectivity index is 2.17. The number of ketones is 1. The van der Waals surface area contributed by atoms with Gasteiger partial charge < -0.3 is 5.73 Å². The summed E-state index contributed by atoms with van der Waals surface area (Å²) in [6, 6.07) is 5.37. The van der Waals surface area contributed by atoms with Crippen molar-refractivity contribution in [2.24, 2.45) is 0 Å². The molecule has 0 saturated heterocycles. The van der Waals surface area contributed by atoms with E-state index in [4.69, 9.17) is 5.73 Å². The van der Waals surface area contributed by atoms with Gasteiger partial charge in [0.25, 0.3) is 0 Å². The molecule has 0 bridgehead atoms. The van der Waals surface area contributed by atoms with Gasteiger partial charge in [0.2, 0.25) is 0 Å². The minimum Gasteiger partial charge on any atom is -0.399 e. The van der Waals surface area contributed by atoms with Crippen molar-refractivity contribution in [3.63, 3.8) is 0 Å². The second-order valence-electron chi connectivity index (χ2n) is 4.03. The van der Waals surface area contributed by atoms with Crippen molar-refractivity contribution < 1.29 is 4.79 Å². The summed E-state index contributed by atoms with van der Waals surface area (Å²) >= 11 is 1.56. The number of hydrogen-bond acceptors (Lipinski definition) is 4. The second kappa shape index (κ2) is 4.67. The molecule has 0 aliphatic rings. The normalized spacial score (nSPS) is 10.5. The van der Waals surface area contributed by atoms with Crippen LogP contribution < -0.4 is 5.73 Å². The van der Waals surface area contributed by atoms with Gasteiger partial charge in [-0.3, -0.25) is 4.79 Å². The highest BCUT2D eigenvalue weighted by Crippen LogP contribution is 2.15. The van der Waals surface area contributed by atoms with E-state index in [1.165, 1.54) is 0 Å². The SMILES string of the molecule is Cc1nc(CC(=O)c2ccc(N)c(C)c2)cs1. The fraction of sp³-hybridized carbons (Fsp3) is 0.231. The van der Waals surface area contributed by atoms with Crippen LogP contribution in [0.2, 0.25) is 0 Å². The molecule has 2 aromatic rings. The zero-order valence-electron chi connectivity index (χ0n) is 9.86. The molecule has 0 fully saturated rings. The van der Waals surface area contributed by atoms with Gasteiger partial charge in [0.1, 0.15) is 0 Å². The molecule has 0 atom stereocenters. The van der Waals surface area contributed by atoms with Gasteiger partial charge in [0, 0.05) is 16.6 Å². The largest absolute Gasteiger partial charge is 0.399 e. The number of nitrogen functional groups attached to an aromatic ring is 1. The zero-order chi connectivity index (χ0) is 12.4. The summed E-state index contributed by atoms with van der Waals surface area (Å²) in [5.41, 5.74) is 8.91. The summed E-state index contributed by atoms with van der Waals surface area (Å²) in [6.45, 7) is 3.84. The van der Waals surface area contributed by atoms with E-state index in [1.54, 1.807) is 23.5 Å². The van der Waals surface area contributed by atoms with E-state index in [2.05, 4.69) is 4.98 Å². The molecule has 2 N–H and O–H groups in total. The van der Waals surface area contributed by atoms with Crippen molar-refractivity contribution in [1.29, 1.82) is 0 Å². The first-order chi connectivity index (χ1) is 8.06. The van der Waals surface area contributed by atoms with Gasteiger partial charge in [0.05, 0.1) is 17.1 Å². The third-order valence-electron chi connectivity index (χ3n) is 2.60. The number of Topliss-reactive ketones (excluding diaryl/α,β-unsaturated/α-hetero) is 1. The van der Waals surface area contributed by atoms with E-state index in [0.29, 0.717) is 17.7 Å². The van der Waals surface area contributed by atoms with Crippen molar-refractivity contribution in [3.8, 4) is 0 Å². The van der Waals surface area contributed by atoms with Crippen LogP contribution in [0.25, 0.3) is 0 Å². The maximum absolute atomic E-state index is 12.0. The number of thiazole rings is 1. The fourth-order valence-electron chi connectivity index (χ4n) is 1.61. The highest BCUT2D eigenvalue weighted by Gasteiger charge is 2.10. The summed E-state index contributed by atoms with van der Waals surface area (Å²) in [6.07, 6.45) is 0.355. The molecule has 0 radical (unpaired) electrons. The number of aromatic nitrogens is 1. The first-order valence-corrected chi connectivity index (χ1v) is 6.24. The van der Waals surface area contributed by atoms with Gasteiger partial charge >= 0.3 is 0 Å². The van der Waals surface area contributed by atoms with E-state index in [-0.39, 0.29) is 5.78 Å². The molecule has 0 aliphatic heterocycles. The summed E-state index contributed by atoms with van der Waals surface area (Å²) in [5.74, 6) is 0.0819. The molecule has 0 saturated carbocycles. The Kier molecular flexibility index (Phi) is 3.24. The highest BCUT2D eigenvalue weighted by atomic mass is 32.1. The van der Waals surface area contributed by atoms with Crippen LogP contribution in [-0.2, 0) is 6.42 Å². The fourth-order valence-corrected chi connectivity index (χ4v) is 2.22. The minimum absolute atomic E-state index is 0.0819. The third kappa shape index (κ3) is 2.71. The Morgan fingerprint density at radius 1 is 1.41 bits per heavy atom. The van der Waals surface area contributed by atoms with Gasteiger partial charge in [-0.1, -0.05) is 0 Å². The zero-order valence-corrected chi connectivity index (χ0v) is 10.7. The topological polar surface area (TPSA) is 56.0 Å². The second-order valence-corrected chi connectivity index (χ2v) is 5.09. The molecular formula is C13H14N2OS. The summed E-state index contributed by atoms with van der Waals surface area (Å²) < 4.78 is 0. The Hall–Kier alpha value is -1.68. The van der Waals surface area contributed by atoms with Crippen LogP contribution in [0.15, 0.2) is 23.6 Å². The monoisotopic (exact) mass is 246 g/mol. The lowest BCUT2D eigenvalue weighted by Gasteiger charge is -2.03. The lowest BCUT2D eigenvalue weighted by molar-refractivity contribution is 0.0992. The van der Waals surface area contributed by atoms with Crippen molar-refractivity contribution in [2.75, 3.05) is 5.73 Å². The van der Waals surface area contributed by atoms with E-state index in [9.17, 15) is 4.79 Å². The van der Waals surface area contributed by atoms with E-state index >= 15 is 0 Å². The number of benzene rings is 1. The minimum atomic E-state index is 0.0819. The average molecular weight is 246 g/mol. The van der Waals surface area contributed by atoms with E-state index < -0.39 is 0 Å². The van der Waals surface area contributed by atoms with Crippen molar-refractivity contribution in [3.05, 3.63) is 45.4 Å². The van der Waals surface area contributed by atoms with Gasteiger partial charge in [-0.2, -0.15) is 0 Å². The maximum atomic E-state index is 12.0. The van der Waals surface area contributed by atoms with E-state index in [0.717, 1.165) is 16.3 Å². The molecule has 4 heteroatoms. The molecule has 0 unspecified atom stereocenters. The molecule has 2 rings (SSSR count). The summed E-state index contributed by atoms with van der Waals surface area (Å²) in [4.78, 5) is 16.3. The van der Waals surface area contributed by atoms with Crippen LogP contribution in [0.1, 0.15) is 26.6 Å². The molecule has 1 heterocycles. The predicted molar refractivity (Wildman–Crippen MR) is 70.5 cm³/mol. The molecule has 1 aromatic carbocycles. The summed E-state index contributed by atoms with van der Waals surface area (Å²) in [7, 11) is 0. The molecule has 88 valence electrons. The average Bonchev–Trinajstić information content (AvgIpc) is 2.68. The Morgan fingerprint density at radius 3 is 2.76 bits per heavy atom. The van der Waals surface area contributed by atoms with Crippen LogP contribution in [0.5, 0.6) is 0 Å². The molecular weight excluding hydrogens is 232 g/mol.